The first-order valence-corrected chi connectivity index (χ1v) is 11.2. The summed E-state index contributed by atoms with van der Waals surface area (Å²) >= 11 is 0. The first-order chi connectivity index (χ1) is 14.4. The monoisotopic (exact) mass is 419 g/mol. The van der Waals surface area contributed by atoms with Crippen molar-refractivity contribution in [2.75, 3.05) is 44.2 Å². The molecule has 1 aromatic carbocycles. The molecule has 5 nitrogen and oxygen atoms in total. The second-order valence-corrected chi connectivity index (χ2v) is 9.31. The number of piperidine rings is 2. The molecule has 0 spiro atoms. The molecule has 7 heteroatoms. The van der Waals surface area contributed by atoms with E-state index in [9.17, 15) is 18.4 Å². The van der Waals surface area contributed by atoms with Gasteiger partial charge in [0.2, 0.25) is 11.8 Å². The van der Waals surface area contributed by atoms with Gasteiger partial charge in [-0.25, -0.2) is 8.78 Å². The fourth-order valence-corrected chi connectivity index (χ4v) is 5.10. The normalized spacial score (nSPS) is 26.4. The number of rotatable bonds is 4. The average Bonchev–Trinajstić information content (AvgIpc) is 3.10. The van der Waals surface area contributed by atoms with Crippen LogP contribution in [0.5, 0.6) is 0 Å². The molecule has 1 aromatic rings. The summed E-state index contributed by atoms with van der Waals surface area (Å²) < 4.78 is 27.1. The number of halogens is 2. The molecule has 0 aliphatic carbocycles. The molecule has 164 valence electrons. The smallest absolute Gasteiger partial charge is 0.228 e. The number of carbonyl (C=O) groups is 2. The number of hydrogen-bond acceptors (Lipinski definition) is 3. The van der Waals surface area contributed by atoms with Crippen molar-refractivity contribution < 1.29 is 18.4 Å². The molecule has 3 saturated heterocycles. The Bertz CT molecular complexity index is 774. The van der Waals surface area contributed by atoms with Gasteiger partial charge in [-0.2, -0.15) is 0 Å². The highest BCUT2D eigenvalue weighted by Crippen LogP contribution is 2.29. The van der Waals surface area contributed by atoms with Gasteiger partial charge in [-0.05, 0) is 62.7 Å². The van der Waals surface area contributed by atoms with E-state index in [1.165, 1.54) is 17.7 Å². The molecule has 0 saturated carbocycles. The molecule has 3 heterocycles. The standard InChI is InChI=1S/C23H31F2N3O2/c1-16-4-7-26(8-5-16)13-17-3-2-6-27(14-17)23(30)18-9-22(29)28(15-18)21-11-19(24)10-20(25)12-21/h10-12,16-18H,2-9,13-15H2,1H3. The molecule has 3 aliphatic rings. The van der Waals surface area contributed by atoms with Crippen LogP contribution in [0.2, 0.25) is 0 Å². The Morgan fingerprint density at radius 2 is 1.73 bits per heavy atom. The van der Waals surface area contributed by atoms with Crippen molar-refractivity contribution in [3.8, 4) is 0 Å². The highest BCUT2D eigenvalue weighted by atomic mass is 19.1. The van der Waals surface area contributed by atoms with Crippen LogP contribution < -0.4 is 4.90 Å². The summed E-state index contributed by atoms with van der Waals surface area (Å²) in [6, 6.07) is 3.07. The van der Waals surface area contributed by atoms with Gasteiger partial charge in [0.15, 0.2) is 0 Å². The fraction of sp³-hybridized carbons (Fsp3) is 0.652. The van der Waals surface area contributed by atoms with Gasteiger partial charge in [-0.3, -0.25) is 9.59 Å². The van der Waals surface area contributed by atoms with Crippen LogP contribution in [0.3, 0.4) is 0 Å². The van der Waals surface area contributed by atoms with Gasteiger partial charge >= 0.3 is 0 Å². The number of amides is 2. The molecule has 4 rings (SSSR count). The third-order valence-electron chi connectivity index (χ3n) is 6.86. The minimum absolute atomic E-state index is 0.000286. The zero-order chi connectivity index (χ0) is 21.3. The van der Waals surface area contributed by atoms with Crippen LogP contribution in [0, 0.1) is 29.4 Å². The maximum absolute atomic E-state index is 13.6. The molecule has 30 heavy (non-hydrogen) atoms. The predicted octanol–water partition coefficient (Wildman–Crippen LogP) is 3.29. The Morgan fingerprint density at radius 3 is 2.43 bits per heavy atom. The van der Waals surface area contributed by atoms with Crippen LogP contribution >= 0.6 is 0 Å². The Labute approximate surface area is 177 Å². The van der Waals surface area contributed by atoms with Gasteiger partial charge in [0.05, 0.1) is 5.92 Å². The van der Waals surface area contributed by atoms with Crippen molar-refractivity contribution in [3.63, 3.8) is 0 Å². The van der Waals surface area contributed by atoms with Gasteiger partial charge in [-0.15, -0.1) is 0 Å². The molecule has 0 N–H and O–H groups in total. The van der Waals surface area contributed by atoms with E-state index in [0.717, 1.165) is 69.7 Å². The molecule has 2 unspecified atom stereocenters. The summed E-state index contributed by atoms with van der Waals surface area (Å²) in [5.41, 5.74) is 0.184. The van der Waals surface area contributed by atoms with E-state index in [1.54, 1.807) is 0 Å². The van der Waals surface area contributed by atoms with E-state index < -0.39 is 17.6 Å². The molecule has 0 aromatic heterocycles. The van der Waals surface area contributed by atoms with E-state index in [1.807, 2.05) is 4.90 Å². The maximum Gasteiger partial charge on any atom is 0.228 e. The lowest BCUT2D eigenvalue weighted by Gasteiger charge is -2.38. The van der Waals surface area contributed by atoms with Gasteiger partial charge < -0.3 is 14.7 Å². The minimum atomic E-state index is -0.724. The molecular formula is C23H31F2N3O2. The van der Waals surface area contributed by atoms with E-state index in [4.69, 9.17) is 0 Å². The zero-order valence-electron chi connectivity index (χ0n) is 17.7. The fourth-order valence-electron chi connectivity index (χ4n) is 5.10. The van der Waals surface area contributed by atoms with E-state index in [2.05, 4.69) is 11.8 Å². The highest BCUT2D eigenvalue weighted by Gasteiger charge is 2.38. The first-order valence-electron chi connectivity index (χ1n) is 11.2. The number of likely N-dealkylation sites (tertiary alicyclic amines) is 2. The van der Waals surface area contributed by atoms with Crippen LogP contribution in [0.4, 0.5) is 14.5 Å². The Hall–Kier alpha value is -2.02. The third-order valence-corrected chi connectivity index (χ3v) is 6.86. The van der Waals surface area contributed by atoms with Crippen molar-refractivity contribution in [1.82, 2.24) is 9.80 Å². The van der Waals surface area contributed by atoms with Crippen molar-refractivity contribution in [2.45, 2.75) is 39.0 Å². The lowest BCUT2D eigenvalue weighted by molar-refractivity contribution is -0.137. The van der Waals surface area contributed by atoms with Gasteiger partial charge in [0.1, 0.15) is 11.6 Å². The average molecular weight is 420 g/mol. The summed E-state index contributed by atoms with van der Waals surface area (Å²) in [6.45, 7) is 7.28. The lowest BCUT2D eigenvalue weighted by atomic mass is 9.93. The highest BCUT2D eigenvalue weighted by molar-refractivity contribution is 6.00. The summed E-state index contributed by atoms with van der Waals surface area (Å²) in [4.78, 5) is 31.3. The summed E-state index contributed by atoms with van der Waals surface area (Å²) in [5.74, 6) is -0.869. The summed E-state index contributed by atoms with van der Waals surface area (Å²) in [5, 5.41) is 0. The Morgan fingerprint density at radius 1 is 1.03 bits per heavy atom. The number of anilines is 1. The molecule has 0 bridgehead atoms. The van der Waals surface area contributed by atoms with Crippen molar-refractivity contribution >= 4 is 17.5 Å². The van der Waals surface area contributed by atoms with Gasteiger partial charge in [0, 0.05) is 44.4 Å². The number of nitrogens with zero attached hydrogens (tertiary/aromatic N) is 3. The third kappa shape index (κ3) is 4.82. The molecule has 2 amide bonds. The summed E-state index contributed by atoms with van der Waals surface area (Å²) in [7, 11) is 0. The maximum atomic E-state index is 13.6. The second-order valence-electron chi connectivity index (χ2n) is 9.31. The van der Waals surface area contributed by atoms with Crippen molar-refractivity contribution in [1.29, 1.82) is 0 Å². The van der Waals surface area contributed by atoms with Crippen molar-refractivity contribution in [2.24, 2.45) is 17.8 Å². The largest absolute Gasteiger partial charge is 0.342 e. The van der Waals surface area contributed by atoms with Crippen LogP contribution in [0.25, 0.3) is 0 Å². The molecule has 2 atom stereocenters. The molecule has 0 radical (unpaired) electrons. The van der Waals surface area contributed by atoms with E-state index in [-0.39, 0.29) is 30.5 Å². The number of benzene rings is 1. The lowest BCUT2D eigenvalue weighted by Crippen LogP contribution is -2.47. The van der Waals surface area contributed by atoms with Crippen LogP contribution in [0.1, 0.15) is 39.0 Å². The van der Waals surface area contributed by atoms with Gasteiger partial charge in [-0.1, -0.05) is 6.92 Å². The van der Waals surface area contributed by atoms with Crippen LogP contribution in [-0.4, -0.2) is 60.9 Å². The molecule has 3 aliphatic heterocycles. The number of hydrogen-bond donors (Lipinski definition) is 0. The topological polar surface area (TPSA) is 43.9 Å². The minimum Gasteiger partial charge on any atom is -0.342 e. The summed E-state index contributed by atoms with van der Waals surface area (Å²) in [6.07, 6.45) is 4.71. The SMILES string of the molecule is CC1CCN(CC2CCCN(C(=O)C3CC(=O)N(c4cc(F)cc(F)c4)C3)C2)CC1. The van der Waals surface area contributed by atoms with E-state index in [0.29, 0.717) is 5.92 Å². The van der Waals surface area contributed by atoms with Crippen LogP contribution in [-0.2, 0) is 9.59 Å². The zero-order valence-corrected chi connectivity index (χ0v) is 17.7. The van der Waals surface area contributed by atoms with Gasteiger partial charge in [0.25, 0.3) is 0 Å². The Kier molecular flexibility index (Phi) is 6.37. The predicted molar refractivity (Wildman–Crippen MR) is 111 cm³/mol. The Balaban J connectivity index is 1.35. The second kappa shape index (κ2) is 9.00. The van der Waals surface area contributed by atoms with E-state index >= 15 is 0 Å². The first kappa shape index (κ1) is 21.2. The molecular weight excluding hydrogens is 388 g/mol. The van der Waals surface area contributed by atoms with Crippen LogP contribution in [0.15, 0.2) is 18.2 Å². The van der Waals surface area contributed by atoms with Crippen molar-refractivity contribution in [3.05, 3.63) is 29.8 Å². The quantitative estimate of drug-likeness (QED) is 0.752. The number of carbonyl (C=O) groups excluding carboxylic acids is 2. The molecule has 3 fully saturated rings.